The molecule has 1 aromatic carbocycles. The number of guanidine groups is 1. The zero-order valence-corrected chi connectivity index (χ0v) is 17.6. The fourth-order valence-corrected chi connectivity index (χ4v) is 4.51. The number of benzene rings is 1. The van der Waals surface area contributed by atoms with Crippen LogP contribution in [0.4, 0.5) is 5.69 Å². The van der Waals surface area contributed by atoms with Gasteiger partial charge in [-0.3, -0.25) is 15.1 Å². The number of nitro benzene ring substituents is 1. The van der Waals surface area contributed by atoms with Crippen LogP contribution in [-0.2, 0) is 6.42 Å². The highest BCUT2D eigenvalue weighted by molar-refractivity contribution is 5.79. The van der Waals surface area contributed by atoms with Crippen LogP contribution in [0.15, 0.2) is 29.3 Å². The molecule has 7 nitrogen and oxygen atoms in total. The third kappa shape index (κ3) is 6.70. The highest BCUT2D eigenvalue weighted by atomic mass is 16.6. The summed E-state index contributed by atoms with van der Waals surface area (Å²) < 4.78 is 0. The first kappa shape index (κ1) is 21.6. The average molecular weight is 402 g/mol. The third-order valence-corrected chi connectivity index (χ3v) is 6.27. The summed E-state index contributed by atoms with van der Waals surface area (Å²) in [5, 5.41) is 17.7. The molecule has 0 unspecified atom stereocenters. The quantitative estimate of drug-likeness (QED) is 0.229. The van der Waals surface area contributed by atoms with Gasteiger partial charge in [0.2, 0.25) is 0 Å². The van der Waals surface area contributed by atoms with Crippen LogP contribution in [0.25, 0.3) is 0 Å². The van der Waals surface area contributed by atoms with Crippen molar-refractivity contribution in [2.45, 2.75) is 69.9 Å². The standard InChI is InChI=1S/C22H35N5O2/c1-23-22(25-19-13-16-26(17-14-19)20-7-2-3-8-20)24-15-5-4-6-18-9-11-21(12-10-18)27(28)29/h9-12,19-20H,2-8,13-17H2,1H3,(H2,23,24,25). The van der Waals surface area contributed by atoms with Crippen molar-refractivity contribution in [1.82, 2.24) is 15.5 Å². The average Bonchev–Trinajstić information content (AvgIpc) is 3.28. The number of nitrogens with one attached hydrogen (secondary N) is 2. The predicted octanol–water partition coefficient (Wildman–Crippen LogP) is 3.49. The number of aliphatic imine (C=N–C) groups is 1. The molecule has 1 aromatic rings. The van der Waals surface area contributed by atoms with E-state index in [2.05, 4.69) is 20.5 Å². The van der Waals surface area contributed by atoms with Crippen molar-refractivity contribution in [2.24, 2.45) is 4.99 Å². The maximum atomic E-state index is 10.7. The topological polar surface area (TPSA) is 82.8 Å². The van der Waals surface area contributed by atoms with Gasteiger partial charge in [0.15, 0.2) is 5.96 Å². The first-order chi connectivity index (χ1) is 14.2. The molecule has 1 saturated heterocycles. The smallest absolute Gasteiger partial charge is 0.269 e. The fraction of sp³-hybridized carbons (Fsp3) is 0.682. The number of likely N-dealkylation sites (tertiary alicyclic amines) is 1. The molecule has 1 aliphatic heterocycles. The number of non-ortho nitro benzene ring substituents is 1. The first-order valence-corrected chi connectivity index (χ1v) is 11.1. The lowest BCUT2D eigenvalue weighted by atomic mass is 10.0. The minimum absolute atomic E-state index is 0.152. The normalized spacial score (nSPS) is 19.4. The first-order valence-electron chi connectivity index (χ1n) is 11.1. The number of piperidine rings is 1. The summed E-state index contributed by atoms with van der Waals surface area (Å²) in [7, 11) is 1.83. The molecular weight excluding hydrogens is 366 g/mol. The molecule has 0 radical (unpaired) electrons. The molecule has 0 atom stereocenters. The third-order valence-electron chi connectivity index (χ3n) is 6.27. The molecule has 2 aliphatic rings. The monoisotopic (exact) mass is 401 g/mol. The summed E-state index contributed by atoms with van der Waals surface area (Å²) in [6.45, 7) is 3.29. The van der Waals surface area contributed by atoms with Gasteiger partial charge in [-0.2, -0.15) is 0 Å². The Labute approximate surface area is 174 Å². The zero-order chi connectivity index (χ0) is 20.5. The van der Waals surface area contributed by atoms with Crippen LogP contribution in [0, 0.1) is 10.1 Å². The molecule has 29 heavy (non-hydrogen) atoms. The molecule has 0 spiro atoms. The predicted molar refractivity (Wildman–Crippen MR) is 117 cm³/mol. The van der Waals surface area contributed by atoms with Crippen molar-refractivity contribution in [3.8, 4) is 0 Å². The highest BCUT2D eigenvalue weighted by Crippen LogP contribution is 2.26. The Hall–Kier alpha value is -2.15. The second kappa shape index (κ2) is 11.1. The molecule has 0 aromatic heterocycles. The minimum atomic E-state index is -0.356. The van der Waals surface area contributed by atoms with Crippen molar-refractivity contribution >= 4 is 11.6 Å². The van der Waals surface area contributed by atoms with Crippen molar-refractivity contribution < 1.29 is 4.92 Å². The van der Waals surface area contributed by atoms with Crippen LogP contribution >= 0.6 is 0 Å². The second-order valence-electron chi connectivity index (χ2n) is 8.27. The number of unbranched alkanes of at least 4 members (excludes halogenated alkanes) is 1. The number of hydrogen-bond acceptors (Lipinski definition) is 4. The van der Waals surface area contributed by atoms with Crippen LogP contribution in [0.3, 0.4) is 0 Å². The van der Waals surface area contributed by atoms with E-state index in [9.17, 15) is 10.1 Å². The van der Waals surface area contributed by atoms with Gasteiger partial charge in [0.1, 0.15) is 0 Å². The zero-order valence-electron chi connectivity index (χ0n) is 17.6. The van der Waals surface area contributed by atoms with Gasteiger partial charge in [-0.1, -0.05) is 25.0 Å². The number of hydrogen-bond donors (Lipinski definition) is 2. The van der Waals surface area contributed by atoms with Gasteiger partial charge in [-0.05, 0) is 50.5 Å². The molecule has 2 N–H and O–H groups in total. The summed E-state index contributed by atoms with van der Waals surface area (Å²) in [6, 6.07) is 8.21. The fourth-order valence-electron chi connectivity index (χ4n) is 4.51. The van der Waals surface area contributed by atoms with E-state index in [0.29, 0.717) is 6.04 Å². The molecule has 0 amide bonds. The maximum absolute atomic E-state index is 10.7. The molecular formula is C22H35N5O2. The molecule has 0 bridgehead atoms. The van der Waals surface area contributed by atoms with Crippen molar-refractivity contribution in [1.29, 1.82) is 0 Å². The molecule has 160 valence electrons. The summed E-state index contributed by atoms with van der Waals surface area (Å²) in [5.41, 5.74) is 1.30. The van der Waals surface area contributed by atoms with Crippen molar-refractivity contribution in [2.75, 3.05) is 26.7 Å². The Bertz CT molecular complexity index is 662. The SMILES string of the molecule is CN=C(NCCCCc1ccc([N+](=O)[O-])cc1)NC1CCN(C2CCCC2)CC1. The van der Waals surface area contributed by atoms with Gasteiger partial charge in [0.05, 0.1) is 4.92 Å². The Balaban J connectivity index is 1.29. The lowest BCUT2D eigenvalue weighted by molar-refractivity contribution is -0.384. The van der Waals surface area contributed by atoms with E-state index in [0.717, 1.165) is 43.4 Å². The number of nitrogens with zero attached hydrogens (tertiary/aromatic N) is 3. The van der Waals surface area contributed by atoms with E-state index in [1.54, 1.807) is 12.1 Å². The molecule has 2 fully saturated rings. The van der Waals surface area contributed by atoms with Gasteiger partial charge in [-0.15, -0.1) is 0 Å². The molecule has 3 rings (SSSR count). The van der Waals surface area contributed by atoms with Crippen LogP contribution in [0.1, 0.15) is 56.9 Å². The Morgan fingerprint density at radius 1 is 1.14 bits per heavy atom. The lowest BCUT2D eigenvalue weighted by Crippen LogP contribution is -2.50. The molecule has 1 heterocycles. The summed E-state index contributed by atoms with van der Waals surface area (Å²) in [6.07, 6.45) is 11.0. The summed E-state index contributed by atoms with van der Waals surface area (Å²) >= 11 is 0. The molecule has 1 saturated carbocycles. The van der Waals surface area contributed by atoms with E-state index in [-0.39, 0.29) is 10.6 Å². The number of nitro groups is 1. The Kier molecular flexibility index (Phi) is 8.28. The lowest BCUT2D eigenvalue weighted by Gasteiger charge is -2.36. The maximum Gasteiger partial charge on any atom is 0.269 e. The van der Waals surface area contributed by atoms with E-state index in [1.807, 2.05) is 19.2 Å². The highest BCUT2D eigenvalue weighted by Gasteiger charge is 2.27. The van der Waals surface area contributed by atoms with Gasteiger partial charge >= 0.3 is 0 Å². The van der Waals surface area contributed by atoms with E-state index >= 15 is 0 Å². The largest absolute Gasteiger partial charge is 0.356 e. The van der Waals surface area contributed by atoms with Gasteiger partial charge in [0, 0.05) is 50.9 Å². The Morgan fingerprint density at radius 3 is 2.45 bits per heavy atom. The summed E-state index contributed by atoms with van der Waals surface area (Å²) in [4.78, 5) is 17.4. The van der Waals surface area contributed by atoms with Crippen LogP contribution < -0.4 is 10.6 Å². The molecule has 1 aliphatic carbocycles. The molecule has 7 heteroatoms. The van der Waals surface area contributed by atoms with Crippen LogP contribution in [0.2, 0.25) is 0 Å². The van der Waals surface area contributed by atoms with E-state index in [4.69, 9.17) is 0 Å². The van der Waals surface area contributed by atoms with Crippen LogP contribution in [-0.4, -0.2) is 54.5 Å². The van der Waals surface area contributed by atoms with Crippen molar-refractivity contribution in [3.63, 3.8) is 0 Å². The van der Waals surface area contributed by atoms with E-state index in [1.165, 1.54) is 51.6 Å². The van der Waals surface area contributed by atoms with E-state index < -0.39 is 0 Å². The van der Waals surface area contributed by atoms with Gasteiger partial charge in [-0.25, -0.2) is 0 Å². The number of rotatable bonds is 8. The number of aryl methyl sites for hydroxylation is 1. The van der Waals surface area contributed by atoms with Crippen molar-refractivity contribution in [3.05, 3.63) is 39.9 Å². The second-order valence-corrected chi connectivity index (χ2v) is 8.27. The van der Waals surface area contributed by atoms with Gasteiger partial charge < -0.3 is 15.5 Å². The van der Waals surface area contributed by atoms with Gasteiger partial charge in [0.25, 0.3) is 5.69 Å². The Morgan fingerprint density at radius 2 is 1.83 bits per heavy atom. The minimum Gasteiger partial charge on any atom is -0.356 e. The summed E-state index contributed by atoms with van der Waals surface area (Å²) in [5.74, 6) is 0.902. The van der Waals surface area contributed by atoms with Crippen LogP contribution in [0.5, 0.6) is 0 Å².